The molecule has 1 rings (SSSR count). The Kier molecular flexibility index (Phi) is 5.51. The summed E-state index contributed by atoms with van der Waals surface area (Å²) in [6, 6.07) is 2.33. The van der Waals surface area contributed by atoms with Crippen molar-refractivity contribution in [3.8, 4) is 0 Å². The Morgan fingerprint density at radius 2 is 2.05 bits per heavy atom. The molecule has 1 aromatic rings. The number of carboxylic acid groups (broad SMARTS) is 1. The summed E-state index contributed by atoms with van der Waals surface area (Å²) in [6.45, 7) is 0. The first-order valence-corrected chi connectivity index (χ1v) is 7.77. The summed E-state index contributed by atoms with van der Waals surface area (Å²) in [4.78, 5) is 21.4. The minimum absolute atomic E-state index is 0.0879. The van der Waals surface area contributed by atoms with Gasteiger partial charge in [-0.25, -0.2) is 8.42 Å². The molecule has 0 saturated carbocycles. The van der Waals surface area contributed by atoms with Gasteiger partial charge in [0.05, 0.1) is 11.4 Å². The summed E-state index contributed by atoms with van der Waals surface area (Å²) in [5.74, 6) is -2.46. The van der Waals surface area contributed by atoms with E-state index in [2.05, 4.69) is 15.9 Å². The SMILES string of the molecule is NC(=O)CC(NS(=O)(=O)c1ccc(Br)cc1Cl)C(=O)O. The molecule has 0 aliphatic rings. The average Bonchev–Trinajstić information content (AvgIpc) is 2.26. The molecule has 1 atom stereocenters. The van der Waals surface area contributed by atoms with Gasteiger partial charge in [0.2, 0.25) is 15.9 Å². The highest BCUT2D eigenvalue weighted by Crippen LogP contribution is 2.25. The van der Waals surface area contributed by atoms with Crippen LogP contribution in [0.15, 0.2) is 27.6 Å². The Bertz CT molecular complexity index is 649. The highest BCUT2D eigenvalue weighted by molar-refractivity contribution is 9.10. The second kappa shape index (κ2) is 6.53. The van der Waals surface area contributed by atoms with Crippen LogP contribution in [0.25, 0.3) is 0 Å². The van der Waals surface area contributed by atoms with Crippen molar-refractivity contribution in [2.45, 2.75) is 17.4 Å². The molecule has 7 nitrogen and oxygen atoms in total. The van der Waals surface area contributed by atoms with Crippen LogP contribution in [0.4, 0.5) is 0 Å². The molecule has 0 bridgehead atoms. The number of aliphatic carboxylic acids is 1. The number of nitrogens with two attached hydrogens (primary N) is 1. The van der Waals surface area contributed by atoms with Crippen molar-refractivity contribution in [3.63, 3.8) is 0 Å². The number of carboxylic acids is 1. The van der Waals surface area contributed by atoms with E-state index in [0.29, 0.717) is 4.47 Å². The fraction of sp³-hybridized carbons (Fsp3) is 0.200. The summed E-state index contributed by atoms with van der Waals surface area (Å²) >= 11 is 8.91. The molecular formula is C10H10BrClN2O5S. The molecular weight excluding hydrogens is 376 g/mol. The number of hydrogen-bond acceptors (Lipinski definition) is 4. The number of carbonyl (C=O) groups is 2. The van der Waals surface area contributed by atoms with Gasteiger partial charge in [-0.05, 0) is 18.2 Å². The van der Waals surface area contributed by atoms with Crippen LogP contribution in [-0.4, -0.2) is 31.4 Å². The first kappa shape index (κ1) is 16.9. The predicted molar refractivity (Wildman–Crippen MR) is 74.7 cm³/mol. The Labute approximate surface area is 128 Å². The third-order valence-electron chi connectivity index (χ3n) is 2.18. The van der Waals surface area contributed by atoms with E-state index in [1.54, 1.807) is 0 Å². The maximum absolute atomic E-state index is 12.0. The van der Waals surface area contributed by atoms with E-state index in [1.807, 2.05) is 4.72 Å². The molecule has 0 aromatic heterocycles. The number of benzene rings is 1. The summed E-state index contributed by atoms with van der Waals surface area (Å²) < 4.78 is 26.5. The lowest BCUT2D eigenvalue weighted by molar-refractivity contribution is -0.140. The molecule has 0 aliphatic heterocycles. The zero-order valence-corrected chi connectivity index (χ0v) is 13.0. The van der Waals surface area contributed by atoms with E-state index in [4.69, 9.17) is 22.4 Å². The van der Waals surface area contributed by atoms with Crippen molar-refractivity contribution in [1.29, 1.82) is 0 Å². The smallest absolute Gasteiger partial charge is 0.322 e. The minimum Gasteiger partial charge on any atom is -0.480 e. The van der Waals surface area contributed by atoms with Crippen molar-refractivity contribution in [2.24, 2.45) is 5.73 Å². The maximum Gasteiger partial charge on any atom is 0.322 e. The third kappa shape index (κ3) is 4.44. The van der Waals surface area contributed by atoms with Crippen molar-refractivity contribution in [2.75, 3.05) is 0 Å². The lowest BCUT2D eigenvalue weighted by atomic mass is 10.2. The van der Waals surface area contributed by atoms with Gasteiger partial charge >= 0.3 is 5.97 Å². The molecule has 0 radical (unpaired) electrons. The normalized spacial score (nSPS) is 12.9. The number of primary amides is 1. The number of halogens is 2. The zero-order valence-electron chi connectivity index (χ0n) is 9.84. The summed E-state index contributed by atoms with van der Waals surface area (Å²) in [6.07, 6.45) is -0.664. The summed E-state index contributed by atoms with van der Waals surface area (Å²) in [5.41, 5.74) is 4.87. The van der Waals surface area contributed by atoms with E-state index in [1.165, 1.54) is 18.2 Å². The first-order valence-electron chi connectivity index (χ1n) is 5.12. The number of rotatable bonds is 6. The van der Waals surface area contributed by atoms with Gasteiger partial charge in [0.25, 0.3) is 0 Å². The first-order chi connectivity index (χ1) is 9.13. The van der Waals surface area contributed by atoms with Crippen LogP contribution < -0.4 is 10.5 Å². The number of hydrogen-bond donors (Lipinski definition) is 3. The molecule has 0 heterocycles. The predicted octanol–water partition coefficient (Wildman–Crippen LogP) is 0.709. The Hall–Kier alpha value is -1.16. The van der Waals surface area contributed by atoms with Gasteiger partial charge in [0.1, 0.15) is 10.9 Å². The monoisotopic (exact) mass is 384 g/mol. The van der Waals surface area contributed by atoms with Crippen molar-refractivity contribution in [3.05, 3.63) is 27.7 Å². The molecule has 4 N–H and O–H groups in total. The van der Waals surface area contributed by atoms with E-state index in [0.717, 1.165) is 0 Å². The van der Waals surface area contributed by atoms with E-state index in [9.17, 15) is 18.0 Å². The quantitative estimate of drug-likeness (QED) is 0.664. The number of amides is 1. The van der Waals surface area contributed by atoms with Gasteiger partial charge < -0.3 is 10.8 Å². The molecule has 10 heteroatoms. The topological polar surface area (TPSA) is 127 Å². The summed E-state index contributed by atoms with van der Waals surface area (Å²) in [7, 11) is -4.19. The number of carbonyl (C=O) groups excluding carboxylic acids is 1. The fourth-order valence-corrected chi connectivity index (χ4v) is 3.55. The van der Waals surface area contributed by atoms with Crippen molar-refractivity contribution >= 4 is 49.4 Å². The molecule has 0 spiro atoms. The molecule has 0 aliphatic carbocycles. The molecule has 1 amide bonds. The molecule has 1 unspecified atom stereocenters. The second-order valence-electron chi connectivity index (χ2n) is 3.76. The standard InChI is InChI=1S/C10H10BrClN2O5S/c11-5-1-2-8(6(12)3-5)20(18,19)14-7(10(16)17)4-9(13)15/h1-3,7,14H,4H2,(H2,13,15)(H,16,17). The van der Waals surface area contributed by atoms with Gasteiger partial charge in [-0.1, -0.05) is 27.5 Å². The van der Waals surface area contributed by atoms with Gasteiger partial charge in [-0.15, -0.1) is 0 Å². The zero-order chi connectivity index (χ0) is 15.5. The second-order valence-corrected chi connectivity index (χ2v) is 6.76. The molecule has 20 heavy (non-hydrogen) atoms. The van der Waals surface area contributed by atoms with Crippen LogP contribution in [0.5, 0.6) is 0 Å². The van der Waals surface area contributed by atoms with Gasteiger partial charge in [-0.2, -0.15) is 4.72 Å². The van der Waals surface area contributed by atoms with Crippen LogP contribution in [0, 0.1) is 0 Å². The van der Waals surface area contributed by atoms with E-state index < -0.39 is 34.4 Å². The van der Waals surface area contributed by atoms with Gasteiger partial charge in [0.15, 0.2) is 0 Å². The van der Waals surface area contributed by atoms with Crippen LogP contribution >= 0.6 is 27.5 Å². The van der Waals surface area contributed by atoms with Crippen LogP contribution in [0.2, 0.25) is 5.02 Å². The van der Waals surface area contributed by atoms with Gasteiger partial charge in [-0.3, -0.25) is 9.59 Å². The molecule has 0 fully saturated rings. The Morgan fingerprint density at radius 1 is 1.45 bits per heavy atom. The fourth-order valence-electron chi connectivity index (χ4n) is 1.32. The lowest BCUT2D eigenvalue weighted by Gasteiger charge is -2.14. The average molecular weight is 386 g/mol. The maximum atomic E-state index is 12.0. The van der Waals surface area contributed by atoms with Crippen molar-refractivity contribution < 1.29 is 23.1 Å². The summed E-state index contributed by atoms with van der Waals surface area (Å²) in [5, 5.41) is 8.78. The molecule has 1 aromatic carbocycles. The van der Waals surface area contributed by atoms with E-state index >= 15 is 0 Å². The Balaban J connectivity index is 3.09. The highest BCUT2D eigenvalue weighted by Gasteiger charge is 2.28. The number of nitrogens with one attached hydrogen (secondary N) is 1. The lowest BCUT2D eigenvalue weighted by Crippen LogP contribution is -2.43. The van der Waals surface area contributed by atoms with Crippen molar-refractivity contribution in [1.82, 2.24) is 4.72 Å². The molecule has 0 saturated heterocycles. The van der Waals surface area contributed by atoms with Crippen LogP contribution in [0.1, 0.15) is 6.42 Å². The molecule has 110 valence electrons. The largest absolute Gasteiger partial charge is 0.480 e. The van der Waals surface area contributed by atoms with E-state index in [-0.39, 0.29) is 9.92 Å². The van der Waals surface area contributed by atoms with Crippen LogP contribution in [0.3, 0.4) is 0 Å². The number of sulfonamides is 1. The highest BCUT2D eigenvalue weighted by atomic mass is 79.9. The Morgan fingerprint density at radius 3 is 2.50 bits per heavy atom. The van der Waals surface area contributed by atoms with Gasteiger partial charge in [0, 0.05) is 4.47 Å². The minimum atomic E-state index is -4.19. The van der Waals surface area contributed by atoms with Crippen LogP contribution in [-0.2, 0) is 19.6 Å². The third-order valence-corrected chi connectivity index (χ3v) is 4.63.